The highest BCUT2D eigenvalue weighted by Crippen LogP contribution is 2.31. The molecule has 0 aromatic heterocycles. The molecule has 0 aromatic rings. The molecule has 0 N–H and O–H groups in total. The van der Waals surface area contributed by atoms with E-state index in [1.165, 1.54) is 87.6 Å². The van der Waals surface area contributed by atoms with Gasteiger partial charge in [0.1, 0.15) is 0 Å². The van der Waals surface area contributed by atoms with Crippen LogP contribution in [0.2, 0.25) is 49.4 Å². The van der Waals surface area contributed by atoms with Gasteiger partial charge < -0.3 is 13.3 Å². The summed E-state index contributed by atoms with van der Waals surface area (Å²) in [6.07, 6.45) is 11.6. The Morgan fingerprint density at radius 2 is 1.28 bits per heavy atom. The lowest BCUT2D eigenvalue weighted by Crippen LogP contribution is -2.33. The van der Waals surface area contributed by atoms with Crippen LogP contribution in [0.3, 0.4) is 0 Å². The van der Waals surface area contributed by atoms with Crippen molar-refractivity contribution in [1.82, 2.24) is 0 Å². The van der Waals surface area contributed by atoms with Crippen LogP contribution in [-0.4, -0.2) is 45.0 Å². The minimum absolute atomic E-state index is 0.453. The Labute approximate surface area is 186 Å². The quantitative estimate of drug-likeness (QED) is 0.368. The number of hydrogen-bond acceptors (Lipinski definition) is 3. The van der Waals surface area contributed by atoms with Crippen LogP contribution in [0.15, 0.2) is 0 Å². The largest absolute Gasteiger partial charge is 0.420 e. The van der Waals surface area contributed by atoms with Crippen LogP contribution < -0.4 is 0 Å². The van der Waals surface area contributed by atoms with Crippen molar-refractivity contribution in [2.24, 2.45) is 0 Å². The summed E-state index contributed by atoms with van der Waals surface area (Å²) in [7, 11) is -2.88. The highest BCUT2D eigenvalue weighted by atomic mass is 28.4. The first kappa shape index (κ1) is 27.6. The van der Waals surface area contributed by atoms with E-state index in [2.05, 4.69) is 40.8 Å². The second kappa shape index (κ2) is 15.4. The minimum atomic E-state index is -1.15. The normalized spacial score (nSPS) is 23.3. The van der Waals surface area contributed by atoms with Crippen molar-refractivity contribution >= 4 is 25.7 Å². The zero-order valence-corrected chi connectivity index (χ0v) is 23.8. The molecular formula is C23H52O3Si3. The van der Waals surface area contributed by atoms with Crippen LogP contribution in [0.4, 0.5) is 0 Å². The SMILES string of the molecule is CC(C)O[Si]1(C)CCCC1.CCCO[Si]1(C)CCCC1.CCO[SiH]1CCCCC1. The van der Waals surface area contributed by atoms with Crippen molar-refractivity contribution in [3.05, 3.63) is 0 Å². The molecule has 3 nitrogen and oxygen atoms in total. The third-order valence-electron chi connectivity index (χ3n) is 6.45. The second-order valence-electron chi connectivity index (χ2n) is 10.0. The van der Waals surface area contributed by atoms with Crippen LogP contribution in [0.1, 0.15) is 79.1 Å². The molecule has 6 heteroatoms. The molecule has 0 aliphatic carbocycles. The summed E-state index contributed by atoms with van der Waals surface area (Å²) in [6, 6.07) is 8.48. The van der Waals surface area contributed by atoms with E-state index in [0.717, 1.165) is 13.2 Å². The molecule has 174 valence electrons. The van der Waals surface area contributed by atoms with Gasteiger partial charge in [-0.25, -0.2) is 0 Å². The molecule has 0 saturated carbocycles. The van der Waals surface area contributed by atoms with E-state index < -0.39 is 25.7 Å². The Morgan fingerprint density at radius 1 is 0.759 bits per heavy atom. The maximum Gasteiger partial charge on any atom is 0.190 e. The molecule has 3 aliphatic heterocycles. The van der Waals surface area contributed by atoms with Crippen LogP contribution in [0, 0.1) is 0 Å². The van der Waals surface area contributed by atoms with Gasteiger partial charge in [-0.1, -0.05) is 51.9 Å². The van der Waals surface area contributed by atoms with Gasteiger partial charge in [-0.05, 0) is 76.6 Å². The van der Waals surface area contributed by atoms with E-state index in [9.17, 15) is 0 Å². The minimum Gasteiger partial charge on any atom is -0.420 e. The van der Waals surface area contributed by atoms with Gasteiger partial charge in [-0.3, -0.25) is 0 Å². The average Bonchev–Trinajstić information content (AvgIpc) is 3.31. The fourth-order valence-corrected chi connectivity index (χ4v) is 14.3. The van der Waals surface area contributed by atoms with Gasteiger partial charge in [0.2, 0.25) is 0 Å². The molecule has 0 bridgehead atoms. The Bertz CT molecular complexity index is 386. The summed E-state index contributed by atoms with van der Waals surface area (Å²) in [4.78, 5) is 0. The standard InChI is InChI=1S/2C8H18OSi.C7H16OSi/c1-8(2)9-10(3)6-4-5-7-10;1-3-6-9-10(2)7-4-5-8-10;1-2-8-9-6-4-3-5-7-9/h8H,4-7H2,1-3H3;3-8H2,1-2H3;9H,2-7H2,1H3. The van der Waals surface area contributed by atoms with E-state index in [-0.39, 0.29) is 0 Å². The van der Waals surface area contributed by atoms with Gasteiger partial charge in [0.25, 0.3) is 0 Å². The smallest absolute Gasteiger partial charge is 0.190 e. The molecule has 3 heterocycles. The summed E-state index contributed by atoms with van der Waals surface area (Å²) in [5.41, 5.74) is 0. The van der Waals surface area contributed by atoms with Crippen molar-refractivity contribution in [1.29, 1.82) is 0 Å². The molecule has 29 heavy (non-hydrogen) atoms. The summed E-state index contributed by atoms with van der Waals surface area (Å²) >= 11 is 0. The lowest BCUT2D eigenvalue weighted by Gasteiger charge is -2.24. The zero-order valence-electron chi connectivity index (χ0n) is 20.7. The molecular weight excluding hydrogens is 409 g/mol. The fraction of sp³-hybridized carbons (Fsp3) is 1.00. The predicted molar refractivity (Wildman–Crippen MR) is 136 cm³/mol. The van der Waals surface area contributed by atoms with Crippen molar-refractivity contribution in [2.75, 3.05) is 13.2 Å². The Hall–Kier alpha value is 0.531. The molecule has 0 radical (unpaired) electrons. The number of rotatable bonds is 7. The molecule has 0 aromatic carbocycles. The van der Waals surface area contributed by atoms with Crippen molar-refractivity contribution < 1.29 is 13.3 Å². The molecule has 3 rings (SSSR count). The summed E-state index contributed by atoms with van der Waals surface area (Å²) < 4.78 is 17.4. The molecule has 3 saturated heterocycles. The van der Waals surface area contributed by atoms with Crippen molar-refractivity contribution in [3.63, 3.8) is 0 Å². The van der Waals surface area contributed by atoms with Gasteiger partial charge in [-0.15, -0.1) is 0 Å². The lowest BCUT2D eigenvalue weighted by atomic mass is 10.3. The van der Waals surface area contributed by atoms with Gasteiger partial charge in [0.05, 0.1) is 0 Å². The average molecular weight is 461 g/mol. The fourth-order valence-electron chi connectivity index (χ4n) is 4.89. The Balaban J connectivity index is 0.000000218. The molecule has 0 unspecified atom stereocenters. The zero-order chi connectivity index (χ0) is 21.6. The number of hydrogen-bond donors (Lipinski definition) is 0. The van der Waals surface area contributed by atoms with Crippen LogP contribution in [-0.2, 0) is 13.3 Å². The first-order valence-electron chi connectivity index (χ1n) is 12.8. The van der Waals surface area contributed by atoms with Crippen LogP contribution >= 0.6 is 0 Å². The summed E-state index contributed by atoms with van der Waals surface area (Å²) in [5.74, 6) is 0. The van der Waals surface area contributed by atoms with Gasteiger partial charge in [0, 0.05) is 19.3 Å². The van der Waals surface area contributed by atoms with Gasteiger partial charge in [0.15, 0.2) is 25.7 Å². The van der Waals surface area contributed by atoms with Crippen LogP contribution in [0.5, 0.6) is 0 Å². The maximum atomic E-state index is 5.94. The van der Waals surface area contributed by atoms with E-state index in [1.807, 2.05) is 0 Å². The Kier molecular flexibility index (Phi) is 14.6. The molecule has 0 spiro atoms. The molecule has 0 amide bonds. The third kappa shape index (κ3) is 12.9. The first-order valence-corrected chi connectivity index (χ1v) is 20.5. The van der Waals surface area contributed by atoms with E-state index >= 15 is 0 Å². The van der Waals surface area contributed by atoms with Crippen LogP contribution in [0.25, 0.3) is 0 Å². The van der Waals surface area contributed by atoms with Gasteiger partial charge in [-0.2, -0.15) is 0 Å². The summed E-state index contributed by atoms with van der Waals surface area (Å²) in [5, 5.41) is 0. The first-order chi connectivity index (χ1) is 13.8. The molecule has 0 atom stereocenters. The summed E-state index contributed by atoms with van der Waals surface area (Å²) in [6.45, 7) is 15.3. The third-order valence-corrected chi connectivity index (χ3v) is 16.9. The van der Waals surface area contributed by atoms with Gasteiger partial charge >= 0.3 is 0 Å². The van der Waals surface area contributed by atoms with Crippen molar-refractivity contribution in [3.8, 4) is 0 Å². The molecule has 3 fully saturated rings. The van der Waals surface area contributed by atoms with E-state index in [4.69, 9.17) is 13.3 Å². The predicted octanol–water partition coefficient (Wildman–Crippen LogP) is 7.49. The Morgan fingerprint density at radius 3 is 1.72 bits per heavy atom. The van der Waals surface area contributed by atoms with E-state index in [0.29, 0.717) is 6.10 Å². The monoisotopic (exact) mass is 460 g/mol. The topological polar surface area (TPSA) is 27.7 Å². The highest BCUT2D eigenvalue weighted by molar-refractivity contribution is 6.73. The maximum absolute atomic E-state index is 5.94. The highest BCUT2D eigenvalue weighted by Gasteiger charge is 2.33. The van der Waals surface area contributed by atoms with E-state index in [1.54, 1.807) is 0 Å². The second-order valence-corrected chi connectivity index (χ2v) is 21.1. The lowest BCUT2D eigenvalue weighted by molar-refractivity contribution is 0.231. The van der Waals surface area contributed by atoms with Crippen molar-refractivity contribution in [2.45, 2.75) is 135 Å². The molecule has 3 aliphatic rings.